The molecule has 104 valence electrons. The number of nitrogens with zero attached hydrogens (tertiary/aromatic N) is 1. The van der Waals surface area contributed by atoms with E-state index in [0.717, 1.165) is 17.9 Å². The predicted octanol–water partition coefficient (Wildman–Crippen LogP) is 2.30. The van der Waals surface area contributed by atoms with Crippen LogP contribution in [0, 0.1) is 5.92 Å². The predicted molar refractivity (Wildman–Crippen MR) is 77.0 cm³/mol. The van der Waals surface area contributed by atoms with E-state index in [2.05, 4.69) is 24.3 Å². The Labute approximate surface area is 122 Å². The molecule has 3 nitrogen and oxygen atoms in total. The number of hydrogen-bond donors (Lipinski definition) is 1. The molecule has 3 atom stereocenters. The second-order valence-corrected chi connectivity index (χ2v) is 6.34. The zero-order valence-corrected chi connectivity index (χ0v) is 11.5. The van der Waals surface area contributed by atoms with Gasteiger partial charge in [0.05, 0.1) is 17.4 Å². The Hall–Kier alpha value is -2.13. The third kappa shape index (κ3) is 1.10. The second kappa shape index (κ2) is 3.55. The van der Waals surface area contributed by atoms with Crippen LogP contribution < -0.4 is 0 Å². The fourth-order valence-corrected chi connectivity index (χ4v) is 4.94. The van der Waals surface area contributed by atoms with E-state index in [1.54, 1.807) is 0 Å². The summed E-state index contributed by atoms with van der Waals surface area (Å²) in [4.78, 5) is 12.5. The fraction of sp³-hybridized carbons (Fsp3) is 0.278. The minimum Gasteiger partial charge on any atom is -0.286 e. The summed E-state index contributed by atoms with van der Waals surface area (Å²) in [6.45, 7) is 0. The molecule has 1 fully saturated rings. The molecule has 1 saturated heterocycles. The summed E-state index contributed by atoms with van der Waals surface area (Å²) in [5, 5.41) is 11.4. The average Bonchev–Trinajstić information content (AvgIpc) is 3.10. The largest absolute Gasteiger partial charge is 0.286 e. The van der Waals surface area contributed by atoms with Crippen LogP contribution in [0.15, 0.2) is 48.5 Å². The lowest BCUT2D eigenvalue weighted by Gasteiger charge is -2.31. The van der Waals surface area contributed by atoms with Gasteiger partial charge in [-0.1, -0.05) is 48.5 Å². The van der Waals surface area contributed by atoms with E-state index in [9.17, 15) is 10.0 Å². The number of hydroxylamine groups is 2. The van der Waals surface area contributed by atoms with Gasteiger partial charge < -0.3 is 0 Å². The maximum atomic E-state index is 12.5. The highest BCUT2D eigenvalue weighted by molar-refractivity contribution is 5.88. The number of benzene rings is 2. The maximum absolute atomic E-state index is 12.5. The lowest BCUT2D eigenvalue weighted by Crippen LogP contribution is -2.40. The molecule has 1 N–H and O–H groups in total. The van der Waals surface area contributed by atoms with Crippen molar-refractivity contribution < 1.29 is 10.0 Å². The molecule has 3 heteroatoms. The molecule has 1 aliphatic heterocycles. The molecule has 1 heterocycles. The Morgan fingerprint density at radius 1 is 0.952 bits per heavy atom. The van der Waals surface area contributed by atoms with Gasteiger partial charge >= 0.3 is 0 Å². The number of carbonyl (C=O) groups is 1. The van der Waals surface area contributed by atoms with Crippen molar-refractivity contribution in [2.75, 3.05) is 0 Å². The van der Waals surface area contributed by atoms with Gasteiger partial charge in [-0.05, 0) is 35.1 Å². The van der Waals surface area contributed by atoms with E-state index in [1.165, 1.54) is 22.3 Å². The van der Waals surface area contributed by atoms with E-state index < -0.39 is 0 Å². The monoisotopic (exact) mass is 277 g/mol. The molecule has 2 aromatic rings. The van der Waals surface area contributed by atoms with Crippen LogP contribution in [-0.2, 0) is 23.1 Å². The molecular formula is C18H15NO2. The highest BCUT2D eigenvalue weighted by Gasteiger charge is 2.67. The molecule has 5 rings (SSSR count). The molecule has 21 heavy (non-hydrogen) atoms. The van der Waals surface area contributed by atoms with Gasteiger partial charge in [0.1, 0.15) is 0 Å². The fourth-order valence-electron chi connectivity index (χ4n) is 4.94. The molecule has 0 saturated carbocycles. The van der Waals surface area contributed by atoms with Gasteiger partial charge in [0, 0.05) is 0 Å². The Morgan fingerprint density at radius 2 is 1.52 bits per heavy atom. The van der Waals surface area contributed by atoms with Crippen molar-refractivity contribution in [2.45, 2.75) is 24.3 Å². The molecule has 0 aromatic heterocycles. The molecule has 0 bridgehead atoms. The van der Waals surface area contributed by atoms with Crippen LogP contribution in [0.3, 0.4) is 0 Å². The molecule has 2 aromatic carbocycles. The SMILES string of the molecule is O=C1[C@@H]2Cc3ccccc3[C@@]23c2ccccc2C[C@H]3N1O. The molecule has 1 amide bonds. The van der Waals surface area contributed by atoms with Crippen molar-refractivity contribution in [3.8, 4) is 0 Å². The second-order valence-electron chi connectivity index (χ2n) is 6.34. The zero-order valence-electron chi connectivity index (χ0n) is 11.5. The van der Waals surface area contributed by atoms with Crippen molar-refractivity contribution in [3.05, 3.63) is 70.8 Å². The molecule has 0 radical (unpaired) electrons. The normalized spacial score (nSPS) is 31.9. The van der Waals surface area contributed by atoms with Gasteiger partial charge in [0.25, 0.3) is 5.91 Å². The Bertz CT molecular complexity index is 771. The Morgan fingerprint density at radius 3 is 2.19 bits per heavy atom. The van der Waals surface area contributed by atoms with E-state index in [1.807, 2.05) is 24.3 Å². The summed E-state index contributed by atoms with van der Waals surface area (Å²) in [5.41, 5.74) is 4.63. The molecular weight excluding hydrogens is 262 g/mol. The summed E-state index contributed by atoms with van der Waals surface area (Å²) in [5.74, 6) is -0.278. The Kier molecular flexibility index (Phi) is 1.95. The van der Waals surface area contributed by atoms with E-state index in [-0.39, 0.29) is 23.3 Å². The van der Waals surface area contributed by atoms with Crippen LogP contribution in [-0.4, -0.2) is 22.2 Å². The van der Waals surface area contributed by atoms with Crippen molar-refractivity contribution in [2.24, 2.45) is 5.92 Å². The van der Waals surface area contributed by atoms with Gasteiger partial charge in [-0.3, -0.25) is 10.0 Å². The number of amides is 1. The molecule has 1 spiro atoms. The van der Waals surface area contributed by atoms with Crippen LogP contribution >= 0.6 is 0 Å². The molecule has 0 unspecified atom stereocenters. The minimum atomic E-state index is -0.348. The first kappa shape index (κ1) is 11.5. The van der Waals surface area contributed by atoms with Crippen molar-refractivity contribution in [1.29, 1.82) is 0 Å². The first-order chi connectivity index (χ1) is 10.2. The maximum Gasteiger partial charge on any atom is 0.251 e. The third-order valence-electron chi connectivity index (χ3n) is 5.66. The number of rotatable bonds is 0. The van der Waals surface area contributed by atoms with Crippen LogP contribution in [0.5, 0.6) is 0 Å². The van der Waals surface area contributed by atoms with Gasteiger partial charge in [-0.25, -0.2) is 5.06 Å². The number of fused-ring (bicyclic) bond motifs is 2. The quantitative estimate of drug-likeness (QED) is 0.751. The van der Waals surface area contributed by atoms with Crippen LogP contribution in [0.4, 0.5) is 0 Å². The van der Waals surface area contributed by atoms with Crippen molar-refractivity contribution in [1.82, 2.24) is 5.06 Å². The summed E-state index contributed by atoms with van der Waals surface area (Å²) < 4.78 is 0. The highest BCUT2D eigenvalue weighted by Crippen LogP contribution is 2.60. The summed E-state index contributed by atoms with van der Waals surface area (Å²) in [6.07, 6.45) is 1.47. The first-order valence-electron chi connectivity index (χ1n) is 7.43. The Balaban J connectivity index is 1.88. The summed E-state index contributed by atoms with van der Waals surface area (Å²) >= 11 is 0. The van der Waals surface area contributed by atoms with E-state index >= 15 is 0 Å². The van der Waals surface area contributed by atoms with Crippen molar-refractivity contribution >= 4 is 5.91 Å². The average molecular weight is 277 g/mol. The topological polar surface area (TPSA) is 40.5 Å². The minimum absolute atomic E-state index is 0.120. The first-order valence-corrected chi connectivity index (χ1v) is 7.43. The van der Waals surface area contributed by atoms with Gasteiger partial charge in [-0.2, -0.15) is 0 Å². The third-order valence-corrected chi connectivity index (χ3v) is 5.66. The van der Waals surface area contributed by atoms with Gasteiger partial charge in [0.2, 0.25) is 0 Å². The molecule has 2 aliphatic carbocycles. The van der Waals surface area contributed by atoms with Crippen LogP contribution in [0.2, 0.25) is 0 Å². The summed E-state index contributed by atoms with van der Waals surface area (Å²) in [7, 11) is 0. The smallest absolute Gasteiger partial charge is 0.251 e. The van der Waals surface area contributed by atoms with Crippen molar-refractivity contribution in [3.63, 3.8) is 0 Å². The van der Waals surface area contributed by atoms with Crippen LogP contribution in [0.1, 0.15) is 22.3 Å². The highest BCUT2D eigenvalue weighted by atomic mass is 16.5. The molecule has 3 aliphatic rings. The van der Waals surface area contributed by atoms with E-state index in [4.69, 9.17) is 0 Å². The lowest BCUT2D eigenvalue weighted by molar-refractivity contribution is -0.167. The number of hydrogen-bond acceptors (Lipinski definition) is 2. The zero-order chi connectivity index (χ0) is 14.2. The summed E-state index contributed by atoms with van der Waals surface area (Å²) in [6, 6.07) is 16.5. The van der Waals surface area contributed by atoms with Gasteiger partial charge in [0.15, 0.2) is 0 Å². The van der Waals surface area contributed by atoms with Gasteiger partial charge in [-0.15, -0.1) is 0 Å². The number of carbonyl (C=O) groups excluding carboxylic acids is 1. The standard InChI is InChI=1S/C18H15NO2/c20-17-15-9-11-5-1-3-7-13(11)18(15)14-8-4-2-6-12(14)10-16(18)19(17)21/h1-8,15-16,21H,9-10H2/t15-,16+,18+/m0/s1. The van der Waals surface area contributed by atoms with Crippen LogP contribution in [0.25, 0.3) is 0 Å². The van der Waals surface area contributed by atoms with E-state index in [0.29, 0.717) is 0 Å². The lowest BCUT2D eigenvalue weighted by atomic mass is 9.70.